The lowest BCUT2D eigenvalue weighted by atomic mass is 10.8. The quantitative estimate of drug-likeness (QED) is 0.554. The van der Waals surface area contributed by atoms with Crippen LogP contribution in [0.2, 0.25) is 0 Å². The average Bonchev–Trinajstić information content (AvgIpc) is 1.64. The van der Waals surface area contributed by atoms with Crippen LogP contribution >= 0.6 is 0 Å². The number of amides is 1. The highest BCUT2D eigenvalue weighted by atomic mass is 32.2. The van der Waals surface area contributed by atoms with Gasteiger partial charge < -0.3 is 9.66 Å². The second kappa shape index (κ2) is 3.41. The van der Waals surface area contributed by atoms with Gasteiger partial charge >= 0.3 is 6.09 Å². The van der Waals surface area contributed by atoms with E-state index in [1.165, 1.54) is 6.92 Å². The molecule has 0 rings (SSSR count). The molecule has 1 amide bonds. The first kappa shape index (κ1) is 8.38. The minimum absolute atomic E-state index is 0.0502. The van der Waals surface area contributed by atoms with Crippen molar-refractivity contribution >= 4 is 17.4 Å². The van der Waals surface area contributed by atoms with Crippen molar-refractivity contribution < 1.29 is 18.7 Å². The van der Waals surface area contributed by atoms with E-state index in [-0.39, 0.29) is 6.54 Å². The number of carboxylic acid groups (broad SMARTS) is 1. The highest BCUT2D eigenvalue weighted by Crippen LogP contribution is 1.90. The number of carbonyl (C=O) groups is 1. The van der Waals surface area contributed by atoms with E-state index in [1.807, 2.05) is 0 Å². The molecule has 1 atom stereocenters. The number of hydrogen-bond donors (Lipinski definition) is 1. The number of rotatable bonds is 2. The van der Waals surface area contributed by atoms with Crippen LogP contribution in [0.25, 0.3) is 0 Å². The average molecular weight is 152 g/mol. The standard InChI is InChI=1S/C3H7NO4S/c1-2-4(3(5)6)9(7)8/h2H2,1H3,(H,5,6)(H,7,8)/p-1. The number of hydrogen-bond acceptors (Lipinski definition) is 3. The van der Waals surface area contributed by atoms with Crippen molar-refractivity contribution in [3.63, 3.8) is 0 Å². The van der Waals surface area contributed by atoms with Gasteiger partial charge in [-0.1, -0.05) is 0 Å². The third-order valence-corrected chi connectivity index (χ3v) is 1.45. The summed E-state index contributed by atoms with van der Waals surface area (Å²) in [7, 11) is 0. The zero-order valence-electron chi connectivity index (χ0n) is 4.73. The maximum Gasteiger partial charge on any atom is 0.418 e. The van der Waals surface area contributed by atoms with E-state index in [0.29, 0.717) is 4.31 Å². The summed E-state index contributed by atoms with van der Waals surface area (Å²) in [6.45, 7) is 1.38. The van der Waals surface area contributed by atoms with Gasteiger partial charge in [0.15, 0.2) is 0 Å². The van der Waals surface area contributed by atoms with Crippen molar-refractivity contribution in [1.82, 2.24) is 4.31 Å². The van der Waals surface area contributed by atoms with Crippen LogP contribution in [0.1, 0.15) is 6.92 Å². The second-order valence-corrected chi connectivity index (χ2v) is 2.07. The smallest absolute Gasteiger partial charge is 0.418 e. The van der Waals surface area contributed by atoms with Gasteiger partial charge in [-0.15, -0.1) is 0 Å². The van der Waals surface area contributed by atoms with Gasteiger partial charge in [-0.2, -0.15) is 0 Å². The minimum atomic E-state index is -2.65. The molecule has 0 radical (unpaired) electrons. The van der Waals surface area contributed by atoms with Gasteiger partial charge in [0, 0.05) is 6.54 Å². The molecule has 54 valence electrons. The molecular formula is C3H6NO4S-. The van der Waals surface area contributed by atoms with Crippen LogP contribution in [0.3, 0.4) is 0 Å². The Morgan fingerprint density at radius 1 is 1.89 bits per heavy atom. The third kappa shape index (κ3) is 2.43. The van der Waals surface area contributed by atoms with Crippen LogP contribution in [0.5, 0.6) is 0 Å². The Morgan fingerprint density at radius 3 is 2.33 bits per heavy atom. The molecule has 0 aromatic rings. The lowest BCUT2D eigenvalue weighted by Crippen LogP contribution is -2.30. The molecule has 1 N–H and O–H groups in total. The third-order valence-electron chi connectivity index (χ3n) is 0.681. The second-order valence-electron chi connectivity index (χ2n) is 1.19. The fraction of sp³-hybridized carbons (Fsp3) is 0.667. The zero-order valence-corrected chi connectivity index (χ0v) is 5.55. The first-order valence-electron chi connectivity index (χ1n) is 2.19. The molecule has 9 heavy (non-hydrogen) atoms. The Labute approximate surface area is 54.7 Å². The Hall–Kier alpha value is -0.620. The van der Waals surface area contributed by atoms with Crippen molar-refractivity contribution in [2.75, 3.05) is 6.54 Å². The summed E-state index contributed by atoms with van der Waals surface area (Å²) in [4.78, 5) is 9.90. The van der Waals surface area contributed by atoms with Gasteiger partial charge in [0.1, 0.15) is 0 Å². The van der Waals surface area contributed by atoms with Crippen molar-refractivity contribution in [3.05, 3.63) is 0 Å². The van der Waals surface area contributed by atoms with E-state index < -0.39 is 17.4 Å². The predicted octanol–water partition coefficient (Wildman–Crippen LogP) is -0.220. The molecule has 0 bridgehead atoms. The maximum absolute atomic E-state index is 9.92. The van der Waals surface area contributed by atoms with Crippen LogP contribution in [0.15, 0.2) is 0 Å². The molecule has 5 nitrogen and oxygen atoms in total. The van der Waals surface area contributed by atoms with E-state index in [1.54, 1.807) is 0 Å². The Morgan fingerprint density at radius 2 is 2.33 bits per heavy atom. The summed E-state index contributed by atoms with van der Waals surface area (Å²) in [6.07, 6.45) is -1.45. The molecule has 0 aliphatic carbocycles. The van der Waals surface area contributed by atoms with E-state index in [4.69, 9.17) is 5.11 Å². The highest BCUT2D eigenvalue weighted by Gasteiger charge is 2.07. The first-order chi connectivity index (χ1) is 4.09. The van der Waals surface area contributed by atoms with Crippen LogP contribution in [0, 0.1) is 0 Å². The summed E-state index contributed by atoms with van der Waals surface area (Å²) in [5.41, 5.74) is 0. The van der Waals surface area contributed by atoms with Crippen molar-refractivity contribution in [1.29, 1.82) is 0 Å². The van der Waals surface area contributed by atoms with Crippen LogP contribution in [-0.4, -0.2) is 30.8 Å². The molecule has 0 saturated heterocycles. The van der Waals surface area contributed by atoms with Gasteiger partial charge in [-0.25, -0.2) is 9.10 Å². The summed E-state index contributed by atoms with van der Waals surface area (Å²) in [6, 6.07) is 0. The summed E-state index contributed by atoms with van der Waals surface area (Å²) in [5, 5.41) is 8.08. The summed E-state index contributed by atoms with van der Waals surface area (Å²) < 4.78 is 20.1. The lowest BCUT2D eigenvalue weighted by Gasteiger charge is -2.17. The van der Waals surface area contributed by atoms with Gasteiger partial charge in [0.25, 0.3) is 0 Å². The Bertz CT molecular complexity index is 122. The van der Waals surface area contributed by atoms with Crippen LogP contribution in [0.4, 0.5) is 4.79 Å². The highest BCUT2D eigenvalue weighted by molar-refractivity contribution is 7.77. The topological polar surface area (TPSA) is 80.7 Å². The lowest BCUT2D eigenvalue weighted by molar-refractivity contribution is 0.173. The van der Waals surface area contributed by atoms with E-state index in [0.717, 1.165) is 0 Å². The maximum atomic E-state index is 9.92. The van der Waals surface area contributed by atoms with Gasteiger partial charge in [-0.3, -0.25) is 4.21 Å². The molecule has 1 unspecified atom stereocenters. The van der Waals surface area contributed by atoms with Gasteiger partial charge in [0.05, 0.1) is 11.3 Å². The summed E-state index contributed by atoms with van der Waals surface area (Å²) >= 11 is -2.65. The fourth-order valence-electron chi connectivity index (χ4n) is 0.304. The SMILES string of the molecule is CCN(C(=O)O)S(=O)[O-]. The Kier molecular flexibility index (Phi) is 3.18. The molecule has 0 aliphatic heterocycles. The molecule has 0 aromatic heterocycles. The normalized spacial score (nSPS) is 12.7. The minimum Gasteiger partial charge on any atom is -0.755 e. The molecule has 0 aliphatic rings. The predicted molar refractivity (Wildman–Crippen MR) is 29.3 cm³/mol. The molecule has 0 saturated carbocycles. The van der Waals surface area contributed by atoms with E-state index in [2.05, 4.69) is 0 Å². The first-order valence-corrected chi connectivity index (χ1v) is 3.22. The van der Waals surface area contributed by atoms with Crippen molar-refractivity contribution in [2.24, 2.45) is 0 Å². The molecule has 0 spiro atoms. The van der Waals surface area contributed by atoms with Gasteiger partial charge in [0.2, 0.25) is 0 Å². The fourth-order valence-corrected chi connectivity index (χ4v) is 0.643. The van der Waals surface area contributed by atoms with Crippen LogP contribution in [-0.2, 0) is 11.3 Å². The van der Waals surface area contributed by atoms with Crippen LogP contribution < -0.4 is 0 Å². The van der Waals surface area contributed by atoms with E-state index in [9.17, 15) is 13.6 Å². The van der Waals surface area contributed by atoms with Crippen molar-refractivity contribution in [3.8, 4) is 0 Å². The number of nitrogens with zero attached hydrogens (tertiary/aromatic N) is 1. The monoisotopic (exact) mass is 152 g/mol. The molecular weight excluding hydrogens is 146 g/mol. The van der Waals surface area contributed by atoms with Gasteiger partial charge in [-0.05, 0) is 6.92 Å². The molecule has 6 heteroatoms. The summed E-state index contributed by atoms with van der Waals surface area (Å²) in [5.74, 6) is 0. The Balaban J connectivity index is 3.99. The van der Waals surface area contributed by atoms with Crippen molar-refractivity contribution in [2.45, 2.75) is 6.92 Å². The molecule has 0 heterocycles. The molecule has 0 fully saturated rings. The molecule has 0 aromatic carbocycles. The largest absolute Gasteiger partial charge is 0.755 e. The zero-order chi connectivity index (χ0) is 7.44. The van der Waals surface area contributed by atoms with E-state index >= 15 is 0 Å².